The van der Waals surface area contributed by atoms with E-state index in [0.29, 0.717) is 13.0 Å². The molecule has 0 unspecified atom stereocenters. The van der Waals surface area contributed by atoms with Crippen molar-refractivity contribution >= 4 is 28.4 Å². The normalized spacial score (nSPS) is 14.1. The lowest BCUT2D eigenvalue weighted by Gasteiger charge is -2.28. The van der Waals surface area contributed by atoms with Crippen molar-refractivity contribution in [3.8, 4) is 11.1 Å². The Kier molecular flexibility index (Phi) is 4.07. The summed E-state index contributed by atoms with van der Waals surface area (Å²) in [7, 11) is 4.00. The van der Waals surface area contributed by atoms with Gasteiger partial charge in [-0.2, -0.15) is 5.10 Å². The minimum Gasteiger partial charge on any atom is -0.346 e. The first kappa shape index (κ1) is 17.2. The van der Waals surface area contributed by atoms with Gasteiger partial charge in [-0.15, -0.1) is 0 Å². The average Bonchev–Trinajstić information content (AvgIpc) is 3.19. The van der Waals surface area contributed by atoms with Crippen LogP contribution in [0.5, 0.6) is 0 Å². The highest BCUT2D eigenvalue weighted by Gasteiger charge is 2.28. The number of benzene rings is 1. The number of carbonyl (C=O) groups is 1. The first-order valence-corrected chi connectivity index (χ1v) is 9.36. The van der Waals surface area contributed by atoms with Crippen LogP contribution in [-0.2, 0) is 31.9 Å². The number of fused-ring (bicyclic) bond motifs is 3. The molecule has 0 N–H and O–H groups in total. The zero-order valence-corrected chi connectivity index (χ0v) is 16.4. The van der Waals surface area contributed by atoms with Gasteiger partial charge in [0, 0.05) is 68.4 Å². The summed E-state index contributed by atoms with van der Waals surface area (Å²) in [6.45, 7) is 5.37. The number of hydrogen-bond acceptors (Lipinski definition) is 2. The van der Waals surface area contributed by atoms with Crippen LogP contribution >= 0.6 is 11.6 Å². The van der Waals surface area contributed by atoms with E-state index < -0.39 is 0 Å². The average molecular weight is 371 g/mol. The summed E-state index contributed by atoms with van der Waals surface area (Å²) in [5, 5.41) is 6.28. The zero-order chi connectivity index (χ0) is 18.6. The number of hydrogen-bond donors (Lipinski definition) is 0. The first-order chi connectivity index (χ1) is 12.4. The van der Waals surface area contributed by atoms with Crippen molar-refractivity contribution in [2.75, 3.05) is 6.54 Å². The molecule has 1 aromatic carbocycles. The maximum absolute atomic E-state index is 12.3. The molecule has 0 radical (unpaired) electrons. The molecular formula is C20H23ClN4O. The molecule has 6 heteroatoms. The third-order valence-corrected chi connectivity index (χ3v) is 5.93. The maximum Gasteiger partial charge on any atom is 0.222 e. The van der Waals surface area contributed by atoms with Gasteiger partial charge < -0.3 is 9.47 Å². The Morgan fingerprint density at radius 3 is 2.77 bits per heavy atom. The van der Waals surface area contributed by atoms with Crippen LogP contribution in [0.2, 0.25) is 5.02 Å². The van der Waals surface area contributed by atoms with Gasteiger partial charge in [0.1, 0.15) is 0 Å². The fraction of sp³-hybridized carbons (Fsp3) is 0.400. The molecule has 1 amide bonds. The summed E-state index contributed by atoms with van der Waals surface area (Å²) in [6, 6.07) is 2.14. The minimum atomic E-state index is 0.203. The van der Waals surface area contributed by atoms with Crippen molar-refractivity contribution in [2.24, 2.45) is 14.1 Å². The molecule has 0 bridgehead atoms. The number of aromatic nitrogens is 3. The molecule has 0 aliphatic carbocycles. The van der Waals surface area contributed by atoms with Crippen molar-refractivity contribution in [1.82, 2.24) is 19.2 Å². The fourth-order valence-electron chi connectivity index (χ4n) is 4.10. The van der Waals surface area contributed by atoms with Crippen LogP contribution in [0.3, 0.4) is 0 Å². The molecule has 0 fully saturated rings. The molecule has 3 aromatic rings. The van der Waals surface area contributed by atoms with Crippen molar-refractivity contribution in [1.29, 1.82) is 0 Å². The van der Waals surface area contributed by atoms with E-state index in [1.807, 2.05) is 42.9 Å². The number of amides is 1. The first-order valence-electron chi connectivity index (χ1n) is 8.98. The summed E-state index contributed by atoms with van der Waals surface area (Å²) in [4.78, 5) is 14.2. The van der Waals surface area contributed by atoms with Crippen molar-refractivity contribution < 1.29 is 4.79 Å². The minimum absolute atomic E-state index is 0.203. The second-order valence-corrected chi connectivity index (χ2v) is 7.46. The smallest absolute Gasteiger partial charge is 0.222 e. The van der Waals surface area contributed by atoms with E-state index in [-0.39, 0.29) is 5.91 Å². The zero-order valence-electron chi connectivity index (χ0n) is 15.6. The molecule has 1 aliphatic heterocycles. The molecule has 2 aromatic heterocycles. The third kappa shape index (κ3) is 2.45. The van der Waals surface area contributed by atoms with E-state index >= 15 is 0 Å². The highest BCUT2D eigenvalue weighted by atomic mass is 35.5. The van der Waals surface area contributed by atoms with Gasteiger partial charge in [-0.05, 0) is 24.1 Å². The Hall–Kier alpha value is -2.27. The van der Waals surface area contributed by atoms with Crippen LogP contribution in [0, 0.1) is 6.92 Å². The van der Waals surface area contributed by atoms with Crippen LogP contribution in [0.25, 0.3) is 22.0 Å². The van der Waals surface area contributed by atoms with E-state index in [1.54, 1.807) is 0 Å². The van der Waals surface area contributed by atoms with Crippen LogP contribution in [-0.4, -0.2) is 31.7 Å². The van der Waals surface area contributed by atoms with E-state index in [0.717, 1.165) is 45.6 Å². The number of rotatable bonds is 2. The van der Waals surface area contributed by atoms with Crippen LogP contribution in [0.15, 0.2) is 18.5 Å². The van der Waals surface area contributed by atoms with Crippen molar-refractivity contribution in [2.45, 2.75) is 33.2 Å². The molecule has 0 saturated carbocycles. The van der Waals surface area contributed by atoms with Gasteiger partial charge in [0.25, 0.3) is 0 Å². The molecule has 136 valence electrons. The predicted molar refractivity (Wildman–Crippen MR) is 104 cm³/mol. The van der Waals surface area contributed by atoms with Gasteiger partial charge in [-0.3, -0.25) is 9.48 Å². The molecule has 4 rings (SSSR count). The molecule has 5 nitrogen and oxygen atoms in total. The largest absolute Gasteiger partial charge is 0.346 e. The molecule has 26 heavy (non-hydrogen) atoms. The quantitative estimate of drug-likeness (QED) is 0.688. The van der Waals surface area contributed by atoms with E-state index in [2.05, 4.69) is 22.8 Å². The van der Waals surface area contributed by atoms with Crippen molar-refractivity contribution in [3.63, 3.8) is 0 Å². The van der Waals surface area contributed by atoms with E-state index in [4.69, 9.17) is 11.6 Å². The second-order valence-electron chi connectivity index (χ2n) is 7.08. The summed E-state index contributed by atoms with van der Waals surface area (Å²) >= 11 is 6.72. The Morgan fingerprint density at radius 1 is 1.35 bits per heavy atom. The lowest BCUT2D eigenvalue weighted by Crippen LogP contribution is -2.35. The Balaban J connectivity index is 2.02. The van der Waals surface area contributed by atoms with Gasteiger partial charge in [0.15, 0.2) is 0 Å². The number of aryl methyl sites for hydroxylation is 3. The number of nitrogens with zero attached hydrogens (tertiary/aromatic N) is 4. The van der Waals surface area contributed by atoms with Gasteiger partial charge in [0.2, 0.25) is 5.91 Å². The lowest BCUT2D eigenvalue weighted by molar-refractivity contribution is -0.131. The van der Waals surface area contributed by atoms with Gasteiger partial charge in [-0.1, -0.05) is 18.5 Å². The molecule has 0 atom stereocenters. The van der Waals surface area contributed by atoms with Crippen molar-refractivity contribution in [3.05, 3.63) is 40.3 Å². The summed E-state index contributed by atoms with van der Waals surface area (Å²) in [6.07, 6.45) is 5.31. The highest BCUT2D eigenvalue weighted by molar-refractivity contribution is 6.36. The highest BCUT2D eigenvalue weighted by Crippen LogP contribution is 2.41. The lowest BCUT2D eigenvalue weighted by atomic mass is 9.96. The summed E-state index contributed by atoms with van der Waals surface area (Å²) in [5.41, 5.74) is 6.81. The monoisotopic (exact) mass is 370 g/mol. The van der Waals surface area contributed by atoms with Gasteiger partial charge >= 0.3 is 0 Å². The van der Waals surface area contributed by atoms with Gasteiger partial charge in [-0.25, -0.2) is 0 Å². The fourth-order valence-corrected chi connectivity index (χ4v) is 4.38. The molecule has 0 saturated heterocycles. The van der Waals surface area contributed by atoms with Gasteiger partial charge in [0.05, 0.1) is 16.7 Å². The second kappa shape index (κ2) is 6.16. The SMILES string of the molecule is CCC(=O)N1CCc2c(c3c(-c4cnn(C)c4)cc(C)c(Cl)c3n2C)C1. The molecule has 1 aliphatic rings. The molecule has 3 heterocycles. The molecular weight excluding hydrogens is 348 g/mol. The van der Waals surface area contributed by atoms with Crippen LogP contribution < -0.4 is 0 Å². The van der Waals surface area contributed by atoms with E-state index in [9.17, 15) is 4.79 Å². The third-order valence-electron chi connectivity index (χ3n) is 5.45. The Bertz CT molecular complexity index is 1030. The van der Waals surface area contributed by atoms with Crippen LogP contribution in [0.4, 0.5) is 0 Å². The Labute approximate surface area is 158 Å². The summed E-state index contributed by atoms with van der Waals surface area (Å²) in [5.74, 6) is 0.203. The predicted octanol–water partition coefficient (Wildman–Crippen LogP) is 3.84. The summed E-state index contributed by atoms with van der Waals surface area (Å²) < 4.78 is 4.03. The number of carbonyl (C=O) groups excluding carboxylic acids is 1. The standard InChI is InChI=1S/C20H23ClN4O/c1-5-17(26)25-7-6-16-15(11-25)18-14(13-9-22-23(3)10-13)8-12(2)19(21)20(18)24(16)4/h8-10H,5-7,11H2,1-4H3. The molecule has 0 spiro atoms. The van der Waals surface area contributed by atoms with E-state index in [1.165, 1.54) is 11.3 Å². The van der Waals surface area contributed by atoms with Crippen LogP contribution in [0.1, 0.15) is 30.2 Å². The Morgan fingerprint density at radius 2 is 2.12 bits per heavy atom. The topological polar surface area (TPSA) is 43.1 Å². The maximum atomic E-state index is 12.3. The number of halogens is 1.